The van der Waals surface area contributed by atoms with E-state index in [4.69, 9.17) is 10.5 Å². The molecule has 0 aliphatic carbocycles. The van der Waals surface area contributed by atoms with Gasteiger partial charge in [-0.3, -0.25) is 4.90 Å². The second kappa shape index (κ2) is 7.30. The summed E-state index contributed by atoms with van der Waals surface area (Å²) >= 11 is 0. The Kier molecular flexibility index (Phi) is 6.01. The van der Waals surface area contributed by atoms with Gasteiger partial charge >= 0.3 is 0 Å². The molecule has 0 atom stereocenters. The van der Waals surface area contributed by atoms with Gasteiger partial charge in [-0.25, -0.2) is 0 Å². The molecule has 0 aliphatic heterocycles. The Balaban J connectivity index is 2.73. The molecule has 2 N–H and O–H groups in total. The third-order valence-electron chi connectivity index (χ3n) is 2.96. The summed E-state index contributed by atoms with van der Waals surface area (Å²) in [5.74, 6) is 0.974. The van der Waals surface area contributed by atoms with Crippen molar-refractivity contribution in [3.05, 3.63) is 29.3 Å². The summed E-state index contributed by atoms with van der Waals surface area (Å²) in [6, 6.07) is 6.32. The van der Waals surface area contributed by atoms with Crippen LogP contribution in [0.15, 0.2) is 18.2 Å². The number of hydrogen-bond acceptors (Lipinski definition) is 3. The van der Waals surface area contributed by atoms with Crippen molar-refractivity contribution >= 4 is 0 Å². The Morgan fingerprint density at radius 3 is 2.71 bits per heavy atom. The predicted octanol–water partition coefficient (Wildman–Crippen LogP) is 2.17. The van der Waals surface area contributed by atoms with Crippen LogP contribution < -0.4 is 10.5 Å². The first-order chi connectivity index (χ1) is 8.21. The minimum absolute atomic E-state index is 0.751. The summed E-state index contributed by atoms with van der Waals surface area (Å²) < 4.78 is 5.40. The lowest BCUT2D eigenvalue weighted by Crippen LogP contribution is -2.25. The van der Waals surface area contributed by atoms with Gasteiger partial charge < -0.3 is 10.5 Å². The molecular formula is C14H24N2O. The summed E-state index contributed by atoms with van der Waals surface area (Å²) in [6.45, 7) is 8.06. The Morgan fingerprint density at radius 1 is 1.35 bits per heavy atom. The monoisotopic (exact) mass is 236 g/mol. The first-order valence-corrected chi connectivity index (χ1v) is 6.27. The molecule has 1 aromatic carbocycles. The van der Waals surface area contributed by atoms with Gasteiger partial charge in [0.15, 0.2) is 0 Å². The highest BCUT2D eigenvalue weighted by Crippen LogP contribution is 2.21. The van der Waals surface area contributed by atoms with Gasteiger partial charge in [-0.15, -0.1) is 0 Å². The van der Waals surface area contributed by atoms with Crippen LogP contribution in [-0.4, -0.2) is 31.6 Å². The second-order valence-electron chi connectivity index (χ2n) is 4.33. The smallest absolute Gasteiger partial charge is 0.123 e. The Hall–Kier alpha value is -1.06. The van der Waals surface area contributed by atoms with Gasteiger partial charge in [-0.05, 0) is 39.0 Å². The summed E-state index contributed by atoms with van der Waals surface area (Å²) in [4.78, 5) is 2.39. The zero-order valence-electron chi connectivity index (χ0n) is 11.2. The van der Waals surface area contributed by atoms with Gasteiger partial charge in [0.25, 0.3) is 0 Å². The van der Waals surface area contributed by atoms with E-state index in [1.807, 2.05) is 6.07 Å². The zero-order chi connectivity index (χ0) is 12.7. The minimum atomic E-state index is 0.751. The summed E-state index contributed by atoms with van der Waals surface area (Å²) in [7, 11) is 1.73. The molecular weight excluding hydrogens is 212 g/mol. The first kappa shape index (κ1) is 14.0. The van der Waals surface area contributed by atoms with Gasteiger partial charge in [-0.1, -0.05) is 24.6 Å². The Labute approximate surface area is 105 Å². The van der Waals surface area contributed by atoms with Crippen molar-refractivity contribution in [1.29, 1.82) is 0 Å². The fraction of sp³-hybridized carbons (Fsp3) is 0.571. The number of ether oxygens (including phenoxy) is 1. The quantitative estimate of drug-likeness (QED) is 0.788. The fourth-order valence-electron chi connectivity index (χ4n) is 1.94. The highest BCUT2D eigenvalue weighted by molar-refractivity contribution is 5.36. The molecule has 0 spiro atoms. The van der Waals surface area contributed by atoms with E-state index in [9.17, 15) is 0 Å². The minimum Gasteiger partial charge on any atom is -0.496 e. The second-order valence-corrected chi connectivity index (χ2v) is 4.33. The van der Waals surface area contributed by atoms with Crippen LogP contribution in [-0.2, 0) is 6.54 Å². The van der Waals surface area contributed by atoms with Gasteiger partial charge in [0.2, 0.25) is 0 Å². The highest BCUT2D eigenvalue weighted by atomic mass is 16.5. The lowest BCUT2D eigenvalue weighted by Gasteiger charge is -2.21. The van der Waals surface area contributed by atoms with E-state index in [0.29, 0.717) is 0 Å². The molecule has 0 amide bonds. The van der Waals surface area contributed by atoms with Crippen molar-refractivity contribution in [2.45, 2.75) is 26.8 Å². The maximum absolute atomic E-state index is 5.55. The number of nitrogens with two attached hydrogens (primary N) is 1. The molecule has 0 saturated heterocycles. The molecule has 17 heavy (non-hydrogen) atoms. The average Bonchev–Trinajstić information content (AvgIpc) is 2.34. The van der Waals surface area contributed by atoms with Crippen LogP contribution in [0.2, 0.25) is 0 Å². The van der Waals surface area contributed by atoms with E-state index in [0.717, 1.165) is 38.3 Å². The first-order valence-electron chi connectivity index (χ1n) is 6.27. The van der Waals surface area contributed by atoms with E-state index >= 15 is 0 Å². The molecule has 3 nitrogen and oxygen atoms in total. The third kappa shape index (κ3) is 4.36. The van der Waals surface area contributed by atoms with Crippen LogP contribution in [0.4, 0.5) is 0 Å². The van der Waals surface area contributed by atoms with Crippen LogP contribution >= 0.6 is 0 Å². The number of benzene rings is 1. The maximum atomic E-state index is 5.55. The van der Waals surface area contributed by atoms with Gasteiger partial charge in [0, 0.05) is 12.1 Å². The number of methoxy groups -OCH3 is 1. The standard InChI is InChI=1S/C14H24N2O/c1-4-16(9-5-8-15)11-13-10-12(2)6-7-14(13)17-3/h6-7,10H,4-5,8-9,11,15H2,1-3H3. The largest absolute Gasteiger partial charge is 0.496 e. The molecule has 0 unspecified atom stereocenters. The van der Waals surface area contributed by atoms with Gasteiger partial charge in [0.1, 0.15) is 5.75 Å². The summed E-state index contributed by atoms with van der Waals surface area (Å²) in [5, 5.41) is 0. The van der Waals surface area contributed by atoms with Gasteiger partial charge in [-0.2, -0.15) is 0 Å². The average molecular weight is 236 g/mol. The summed E-state index contributed by atoms with van der Waals surface area (Å²) in [5.41, 5.74) is 8.08. The summed E-state index contributed by atoms with van der Waals surface area (Å²) in [6.07, 6.45) is 1.04. The van der Waals surface area contributed by atoms with Crippen molar-refractivity contribution in [3.8, 4) is 5.75 Å². The van der Waals surface area contributed by atoms with Crippen LogP contribution in [0, 0.1) is 6.92 Å². The van der Waals surface area contributed by atoms with Crippen molar-refractivity contribution in [2.24, 2.45) is 5.73 Å². The van der Waals surface area contributed by atoms with Gasteiger partial charge in [0.05, 0.1) is 7.11 Å². The predicted molar refractivity (Wildman–Crippen MR) is 72.4 cm³/mol. The van der Waals surface area contributed by atoms with Crippen molar-refractivity contribution in [3.63, 3.8) is 0 Å². The van der Waals surface area contributed by atoms with Crippen LogP contribution in [0.1, 0.15) is 24.5 Å². The van der Waals surface area contributed by atoms with E-state index in [1.165, 1.54) is 11.1 Å². The topological polar surface area (TPSA) is 38.5 Å². The molecule has 0 saturated carbocycles. The molecule has 0 radical (unpaired) electrons. The van der Waals surface area contributed by atoms with E-state index < -0.39 is 0 Å². The molecule has 0 heterocycles. The Bertz CT molecular complexity index is 339. The van der Waals surface area contributed by atoms with Crippen LogP contribution in [0.3, 0.4) is 0 Å². The highest BCUT2D eigenvalue weighted by Gasteiger charge is 2.08. The lowest BCUT2D eigenvalue weighted by molar-refractivity contribution is 0.272. The number of nitrogens with zero attached hydrogens (tertiary/aromatic N) is 1. The van der Waals surface area contributed by atoms with E-state index in [2.05, 4.69) is 30.9 Å². The molecule has 96 valence electrons. The van der Waals surface area contributed by atoms with E-state index in [1.54, 1.807) is 7.11 Å². The number of rotatable bonds is 7. The molecule has 0 aliphatic rings. The van der Waals surface area contributed by atoms with Crippen molar-refractivity contribution in [1.82, 2.24) is 4.90 Å². The number of hydrogen-bond donors (Lipinski definition) is 1. The number of aryl methyl sites for hydroxylation is 1. The third-order valence-corrected chi connectivity index (χ3v) is 2.96. The fourth-order valence-corrected chi connectivity index (χ4v) is 1.94. The van der Waals surface area contributed by atoms with Crippen LogP contribution in [0.5, 0.6) is 5.75 Å². The van der Waals surface area contributed by atoms with Crippen LogP contribution in [0.25, 0.3) is 0 Å². The SMILES string of the molecule is CCN(CCCN)Cc1cc(C)ccc1OC. The molecule has 0 bridgehead atoms. The Morgan fingerprint density at radius 2 is 2.12 bits per heavy atom. The van der Waals surface area contributed by atoms with E-state index in [-0.39, 0.29) is 0 Å². The molecule has 0 aromatic heterocycles. The molecule has 1 rings (SSSR count). The zero-order valence-corrected chi connectivity index (χ0v) is 11.2. The molecule has 0 fully saturated rings. The molecule has 3 heteroatoms. The van der Waals surface area contributed by atoms with Crippen molar-refractivity contribution in [2.75, 3.05) is 26.7 Å². The molecule has 1 aromatic rings. The lowest BCUT2D eigenvalue weighted by atomic mass is 10.1. The van der Waals surface area contributed by atoms with Crippen molar-refractivity contribution < 1.29 is 4.74 Å². The normalized spacial score (nSPS) is 10.9. The maximum Gasteiger partial charge on any atom is 0.123 e.